The van der Waals surface area contributed by atoms with Gasteiger partial charge in [0.1, 0.15) is 0 Å². The van der Waals surface area contributed by atoms with Crippen LogP contribution in [0.4, 0.5) is 0 Å². The summed E-state index contributed by atoms with van der Waals surface area (Å²) in [7, 11) is 0. The van der Waals surface area contributed by atoms with Gasteiger partial charge >= 0.3 is 0 Å². The van der Waals surface area contributed by atoms with Gasteiger partial charge in [0.05, 0.1) is 0 Å². The number of alkyl halides is 1. The van der Waals surface area contributed by atoms with Gasteiger partial charge in [-0.25, -0.2) is 0 Å². The summed E-state index contributed by atoms with van der Waals surface area (Å²) >= 11 is 5.58. The normalized spacial score (nSPS) is 20.3. The first-order valence-electron chi connectivity index (χ1n) is 5.95. The van der Waals surface area contributed by atoms with Crippen molar-refractivity contribution >= 4 is 17.5 Å². The van der Waals surface area contributed by atoms with Gasteiger partial charge in [-0.05, 0) is 24.7 Å². The zero-order valence-electron chi connectivity index (χ0n) is 9.89. The third-order valence-corrected chi connectivity index (χ3v) is 3.97. The third-order valence-electron chi connectivity index (χ3n) is 3.70. The van der Waals surface area contributed by atoms with Crippen LogP contribution in [0.15, 0.2) is 0 Å². The molecule has 0 aromatic carbocycles. The molecule has 0 atom stereocenters. The lowest BCUT2D eigenvalue weighted by Gasteiger charge is -2.39. The molecule has 0 aromatic rings. The molecule has 0 bridgehead atoms. The third kappa shape index (κ3) is 3.67. The summed E-state index contributed by atoms with van der Waals surface area (Å²) in [5.41, 5.74) is 0.462. The SMILES string of the molecule is CCC1(C)CCN(C(=O)CCCCl)CC1. The fourth-order valence-electron chi connectivity index (χ4n) is 2.03. The van der Waals surface area contributed by atoms with E-state index in [0.29, 0.717) is 17.7 Å². The second-order valence-electron chi connectivity index (χ2n) is 4.84. The number of likely N-dealkylation sites (tertiary alicyclic amines) is 1. The van der Waals surface area contributed by atoms with Crippen molar-refractivity contribution in [2.45, 2.75) is 46.0 Å². The molecule has 2 nitrogen and oxygen atoms in total. The molecule has 88 valence electrons. The van der Waals surface area contributed by atoms with Crippen molar-refractivity contribution in [2.24, 2.45) is 5.41 Å². The Kier molecular flexibility index (Phi) is 4.91. The minimum absolute atomic E-state index is 0.286. The average Bonchev–Trinajstić information content (AvgIpc) is 2.27. The summed E-state index contributed by atoms with van der Waals surface area (Å²) in [5, 5.41) is 0. The van der Waals surface area contributed by atoms with E-state index < -0.39 is 0 Å². The second kappa shape index (κ2) is 5.74. The van der Waals surface area contributed by atoms with Gasteiger partial charge in [0, 0.05) is 25.4 Å². The number of carbonyl (C=O) groups excluding carboxylic acids is 1. The van der Waals surface area contributed by atoms with E-state index in [1.54, 1.807) is 0 Å². The van der Waals surface area contributed by atoms with Crippen molar-refractivity contribution in [1.82, 2.24) is 4.90 Å². The van der Waals surface area contributed by atoms with Crippen LogP contribution in [0.25, 0.3) is 0 Å². The number of rotatable bonds is 4. The minimum atomic E-state index is 0.286. The highest BCUT2D eigenvalue weighted by Crippen LogP contribution is 2.33. The average molecular weight is 232 g/mol. The molecule has 0 spiro atoms. The molecule has 3 heteroatoms. The Balaban J connectivity index is 2.33. The molecule has 0 N–H and O–H groups in total. The topological polar surface area (TPSA) is 20.3 Å². The van der Waals surface area contributed by atoms with E-state index in [1.165, 1.54) is 6.42 Å². The van der Waals surface area contributed by atoms with E-state index in [-0.39, 0.29) is 5.91 Å². The Bertz CT molecular complexity index is 210. The molecule has 1 amide bonds. The van der Waals surface area contributed by atoms with Crippen molar-refractivity contribution in [2.75, 3.05) is 19.0 Å². The molecular formula is C12H22ClNO. The second-order valence-corrected chi connectivity index (χ2v) is 5.22. The van der Waals surface area contributed by atoms with Gasteiger partial charge in [0.25, 0.3) is 0 Å². The molecule has 0 unspecified atom stereocenters. The highest BCUT2D eigenvalue weighted by Gasteiger charge is 2.29. The molecule has 1 aliphatic rings. The van der Waals surface area contributed by atoms with Crippen LogP contribution in [0, 0.1) is 5.41 Å². The fourth-order valence-corrected chi connectivity index (χ4v) is 2.16. The van der Waals surface area contributed by atoms with Gasteiger partial charge in [-0.3, -0.25) is 4.79 Å². The van der Waals surface area contributed by atoms with Crippen LogP contribution in [-0.4, -0.2) is 29.8 Å². The largest absolute Gasteiger partial charge is 0.343 e. The number of carbonyl (C=O) groups is 1. The highest BCUT2D eigenvalue weighted by molar-refractivity contribution is 6.17. The van der Waals surface area contributed by atoms with Crippen molar-refractivity contribution in [3.05, 3.63) is 0 Å². The molecule has 0 aliphatic carbocycles. The van der Waals surface area contributed by atoms with Crippen LogP contribution in [0.2, 0.25) is 0 Å². The first kappa shape index (κ1) is 12.8. The molecule has 1 rings (SSSR count). The Labute approximate surface area is 98.0 Å². The molecule has 1 fully saturated rings. The van der Waals surface area contributed by atoms with Gasteiger partial charge in [-0.1, -0.05) is 20.3 Å². The monoisotopic (exact) mass is 231 g/mol. The van der Waals surface area contributed by atoms with Crippen molar-refractivity contribution in [3.63, 3.8) is 0 Å². The number of amides is 1. The standard InChI is InChI=1S/C12H22ClNO/c1-3-12(2)6-9-14(10-7-12)11(15)5-4-8-13/h3-10H2,1-2H3. The summed E-state index contributed by atoms with van der Waals surface area (Å²) in [6, 6.07) is 0. The van der Waals surface area contributed by atoms with Crippen molar-refractivity contribution in [1.29, 1.82) is 0 Å². The maximum atomic E-state index is 11.7. The number of hydrogen-bond acceptors (Lipinski definition) is 1. The first-order valence-corrected chi connectivity index (χ1v) is 6.48. The number of nitrogens with zero attached hydrogens (tertiary/aromatic N) is 1. The Morgan fingerprint density at radius 2 is 2.00 bits per heavy atom. The van der Waals surface area contributed by atoms with Gasteiger partial charge in [-0.2, -0.15) is 0 Å². The van der Waals surface area contributed by atoms with Crippen LogP contribution in [0.5, 0.6) is 0 Å². The molecule has 15 heavy (non-hydrogen) atoms. The maximum absolute atomic E-state index is 11.7. The van der Waals surface area contributed by atoms with Crippen molar-refractivity contribution < 1.29 is 4.79 Å². The Morgan fingerprint density at radius 1 is 1.40 bits per heavy atom. The van der Waals surface area contributed by atoms with Crippen LogP contribution in [-0.2, 0) is 4.79 Å². The molecular weight excluding hydrogens is 210 g/mol. The zero-order chi connectivity index (χ0) is 11.3. The van der Waals surface area contributed by atoms with E-state index in [0.717, 1.165) is 32.4 Å². The van der Waals surface area contributed by atoms with Gasteiger partial charge in [0.15, 0.2) is 0 Å². The first-order chi connectivity index (χ1) is 7.11. The maximum Gasteiger partial charge on any atom is 0.222 e. The summed E-state index contributed by atoms with van der Waals surface area (Å²) < 4.78 is 0. The van der Waals surface area contributed by atoms with E-state index in [1.807, 2.05) is 4.90 Å². The lowest BCUT2D eigenvalue weighted by Crippen LogP contribution is -2.41. The van der Waals surface area contributed by atoms with Gasteiger partial charge in [0.2, 0.25) is 5.91 Å². The number of halogens is 1. The highest BCUT2D eigenvalue weighted by atomic mass is 35.5. The smallest absolute Gasteiger partial charge is 0.222 e. The fraction of sp³-hybridized carbons (Fsp3) is 0.917. The molecule has 1 aliphatic heterocycles. The van der Waals surface area contributed by atoms with Gasteiger partial charge < -0.3 is 4.90 Å². The van der Waals surface area contributed by atoms with Crippen LogP contribution in [0.3, 0.4) is 0 Å². The molecule has 1 saturated heterocycles. The minimum Gasteiger partial charge on any atom is -0.343 e. The predicted molar refractivity (Wildman–Crippen MR) is 64.2 cm³/mol. The summed E-state index contributed by atoms with van der Waals surface area (Å²) in [4.78, 5) is 13.7. The Morgan fingerprint density at radius 3 is 2.47 bits per heavy atom. The summed E-state index contributed by atoms with van der Waals surface area (Å²) in [6.07, 6.45) is 4.94. The van der Waals surface area contributed by atoms with Crippen LogP contribution < -0.4 is 0 Å². The van der Waals surface area contributed by atoms with E-state index >= 15 is 0 Å². The summed E-state index contributed by atoms with van der Waals surface area (Å²) in [6.45, 7) is 6.44. The van der Waals surface area contributed by atoms with Crippen LogP contribution >= 0.6 is 11.6 Å². The quantitative estimate of drug-likeness (QED) is 0.681. The molecule has 0 saturated carbocycles. The van der Waals surface area contributed by atoms with E-state index in [9.17, 15) is 4.79 Å². The number of piperidine rings is 1. The lowest BCUT2D eigenvalue weighted by atomic mass is 9.78. The lowest BCUT2D eigenvalue weighted by molar-refractivity contribution is -0.133. The number of hydrogen-bond donors (Lipinski definition) is 0. The Hall–Kier alpha value is -0.240. The van der Waals surface area contributed by atoms with Crippen molar-refractivity contribution in [3.8, 4) is 0 Å². The molecule has 0 radical (unpaired) electrons. The van der Waals surface area contributed by atoms with Gasteiger partial charge in [-0.15, -0.1) is 11.6 Å². The summed E-state index contributed by atoms with van der Waals surface area (Å²) in [5.74, 6) is 0.875. The molecule has 1 heterocycles. The van der Waals surface area contributed by atoms with Crippen LogP contribution in [0.1, 0.15) is 46.0 Å². The molecule has 0 aromatic heterocycles. The van der Waals surface area contributed by atoms with E-state index in [2.05, 4.69) is 13.8 Å². The zero-order valence-corrected chi connectivity index (χ0v) is 10.6. The van der Waals surface area contributed by atoms with E-state index in [4.69, 9.17) is 11.6 Å². The predicted octanol–water partition coefficient (Wildman–Crippen LogP) is 3.04.